The number of benzene rings is 2. The average molecular weight is 481 g/mol. The maximum Gasteiger partial charge on any atom is 0.256 e. The minimum atomic E-state index is -0.231. The number of aryl methyl sites for hydroxylation is 3. The fraction of sp³-hybridized carbons (Fsp3) is 0.214. The van der Waals surface area contributed by atoms with Crippen LogP contribution in [0.3, 0.4) is 0 Å². The lowest BCUT2D eigenvalue weighted by molar-refractivity contribution is 0.102. The van der Waals surface area contributed by atoms with Crippen LogP contribution < -0.4 is 10.1 Å². The van der Waals surface area contributed by atoms with Crippen LogP contribution >= 0.6 is 0 Å². The molecule has 182 valence electrons. The summed E-state index contributed by atoms with van der Waals surface area (Å²) in [5, 5.41) is 12.6. The molecule has 0 atom stereocenters. The molecule has 5 aromatic rings. The molecule has 2 aromatic carbocycles. The first-order valence-corrected chi connectivity index (χ1v) is 12.0. The molecule has 0 radical (unpaired) electrons. The van der Waals surface area contributed by atoms with Crippen LogP contribution in [-0.4, -0.2) is 30.5 Å². The fourth-order valence-electron chi connectivity index (χ4n) is 4.09. The molecule has 0 unspecified atom stereocenters. The van der Waals surface area contributed by atoms with E-state index in [2.05, 4.69) is 22.4 Å². The lowest BCUT2D eigenvalue weighted by Gasteiger charge is -2.09. The summed E-state index contributed by atoms with van der Waals surface area (Å²) in [5.74, 6) is 0.539. The SMILES string of the molecule is CCc1ccc(OCn2cc(NC(=O)c3cc(-c4cn(CC)nc4C)nc4ccccc34)cn2)cc1. The Morgan fingerprint density at radius 2 is 1.83 bits per heavy atom. The van der Waals surface area contributed by atoms with Crippen LogP contribution in [0.5, 0.6) is 5.75 Å². The monoisotopic (exact) mass is 480 g/mol. The summed E-state index contributed by atoms with van der Waals surface area (Å²) < 4.78 is 9.32. The van der Waals surface area contributed by atoms with E-state index in [-0.39, 0.29) is 12.6 Å². The molecule has 36 heavy (non-hydrogen) atoms. The van der Waals surface area contributed by atoms with Gasteiger partial charge in [-0.2, -0.15) is 10.2 Å². The highest BCUT2D eigenvalue weighted by Crippen LogP contribution is 2.27. The third-order valence-electron chi connectivity index (χ3n) is 6.09. The second-order valence-electron chi connectivity index (χ2n) is 8.55. The van der Waals surface area contributed by atoms with Crippen LogP contribution in [0.15, 0.2) is 73.2 Å². The largest absolute Gasteiger partial charge is 0.471 e. The molecule has 0 aliphatic rings. The summed E-state index contributed by atoms with van der Waals surface area (Å²) in [6, 6.07) is 17.5. The number of rotatable bonds is 8. The number of hydrogen-bond donors (Lipinski definition) is 1. The third-order valence-corrected chi connectivity index (χ3v) is 6.09. The van der Waals surface area contributed by atoms with E-state index in [1.54, 1.807) is 17.1 Å². The zero-order valence-corrected chi connectivity index (χ0v) is 20.6. The van der Waals surface area contributed by atoms with E-state index >= 15 is 0 Å². The Kier molecular flexibility index (Phi) is 6.49. The molecule has 0 aliphatic heterocycles. The second kappa shape index (κ2) is 10.0. The third kappa shape index (κ3) is 4.84. The topological polar surface area (TPSA) is 86.9 Å². The number of pyridine rings is 1. The lowest BCUT2D eigenvalue weighted by atomic mass is 10.0. The van der Waals surface area contributed by atoms with E-state index in [0.29, 0.717) is 16.9 Å². The zero-order chi connectivity index (χ0) is 25.1. The van der Waals surface area contributed by atoms with Crippen LogP contribution in [0.1, 0.15) is 35.5 Å². The highest BCUT2D eigenvalue weighted by molar-refractivity contribution is 6.13. The molecule has 0 saturated heterocycles. The molecule has 8 heteroatoms. The van der Waals surface area contributed by atoms with Crippen LogP contribution in [0.25, 0.3) is 22.2 Å². The average Bonchev–Trinajstić information content (AvgIpc) is 3.52. The van der Waals surface area contributed by atoms with Crippen molar-refractivity contribution in [3.63, 3.8) is 0 Å². The van der Waals surface area contributed by atoms with Gasteiger partial charge in [-0.1, -0.05) is 37.3 Å². The number of anilines is 1. The van der Waals surface area contributed by atoms with Gasteiger partial charge in [-0.05, 0) is 50.1 Å². The number of aromatic nitrogens is 5. The minimum absolute atomic E-state index is 0.231. The molecular weight excluding hydrogens is 452 g/mol. The van der Waals surface area contributed by atoms with Crippen LogP contribution in [0, 0.1) is 6.92 Å². The van der Waals surface area contributed by atoms with Gasteiger partial charge in [0.25, 0.3) is 5.91 Å². The Balaban J connectivity index is 1.36. The molecule has 0 bridgehead atoms. The van der Waals surface area contributed by atoms with Crippen LogP contribution in [0.2, 0.25) is 0 Å². The highest BCUT2D eigenvalue weighted by Gasteiger charge is 2.17. The maximum atomic E-state index is 13.4. The number of ether oxygens (including phenoxy) is 1. The van der Waals surface area contributed by atoms with Gasteiger partial charge in [0.05, 0.1) is 40.5 Å². The van der Waals surface area contributed by atoms with Gasteiger partial charge in [-0.3, -0.25) is 9.48 Å². The first kappa shape index (κ1) is 23.3. The van der Waals surface area contributed by atoms with Gasteiger partial charge in [-0.25, -0.2) is 9.67 Å². The number of fused-ring (bicyclic) bond motifs is 1. The van der Waals surface area contributed by atoms with Crippen molar-refractivity contribution in [2.75, 3.05) is 5.32 Å². The fourth-order valence-corrected chi connectivity index (χ4v) is 4.09. The molecule has 0 fully saturated rings. The van der Waals surface area contributed by atoms with Gasteiger partial charge >= 0.3 is 0 Å². The number of nitrogens with zero attached hydrogens (tertiary/aromatic N) is 5. The van der Waals surface area contributed by atoms with Gasteiger partial charge in [0, 0.05) is 23.7 Å². The number of amides is 1. The molecule has 8 nitrogen and oxygen atoms in total. The molecular formula is C28H28N6O2. The van der Waals surface area contributed by atoms with E-state index in [0.717, 1.165) is 40.9 Å². The number of hydrogen-bond acceptors (Lipinski definition) is 5. The minimum Gasteiger partial charge on any atom is -0.471 e. The quantitative estimate of drug-likeness (QED) is 0.318. The summed E-state index contributed by atoms with van der Waals surface area (Å²) in [5.41, 5.74) is 5.63. The lowest BCUT2D eigenvalue weighted by Crippen LogP contribution is -2.13. The molecule has 3 heterocycles. The van der Waals surface area contributed by atoms with E-state index in [9.17, 15) is 4.79 Å². The molecule has 0 saturated carbocycles. The van der Waals surface area contributed by atoms with Gasteiger partial charge in [-0.15, -0.1) is 0 Å². The Bertz CT molecular complexity index is 1520. The van der Waals surface area contributed by atoms with Crippen molar-refractivity contribution in [3.05, 3.63) is 90.0 Å². The first-order chi connectivity index (χ1) is 17.5. The van der Waals surface area contributed by atoms with Gasteiger partial charge in [0.15, 0.2) is 6.73 Å². The predicted molar refractivity (Wildman–Crippen MR) is 140 cm³/mol. The van der Waals surface area contributed by atoms with Crippen molar-refractivity contribution in [2.24, 2.45) is 0 Å². The summed E-state index contributed by atoms with van der Waals surface area (Å²) in [6.07, 6.45) is 6.31. The molecule has 0 spiro atoms. The van der Waals surface area contributed by atoms with Crippen molar-refractivity contribution >= 4 is 22.5 Å². The zero-order valence-electron chi connectivity index (χ0n) is 20.6. The number of carbonyl (C=O) groups excluding carboxylic acids is 1. The molecule has 5 rings (SSSR count). The predicted octanol–water partition coefficient (Wildman–Crippen LogP) is 5.47. The van der Waals surface area contributed by atoms with Gasteiger partial charge in [0.1, 0.15) is 5.75 Å². The van der Waals surface area contributed by atoms with Crippen LogP contribution in [0.4, 0.5) is 5.69 Å². The van der Waals surface area contributed by atoms with Crippen molar-refractivity contribution < 1.29 is 9.53 Å². The Labute approximate surface area is 209 Å². The van der Waals surface area contributed by atoms with E-state index < -0.39 is 0 Å². The van der Waals surface area contributed by atoms with Crippen LogP contribution in [-0.2, 0) is 19.7 Å². The number of nitrogens with one attached hydrogen (secondary N) is 1. The number of carbonyl (C=O) groups is 1. The Morgan fingerprint density at radius 1 is 1.03 bits per heavy atom. The summed E-state index contributed by atoms with van der Waals surface area (Å²) in [4.78, 5) is 18.2. The molecule has 1 N–H and O–H groups in total. The van der Waals surface area contributed by atoms with Crippen molar-refractivity contribution in [3.8, 4) is 17.0 Å². The van der Waals surface area contributed by atoms with E-state index in [1.165, 1.54) is 5.56 Å². The van der Waals surface area contributed by atoms with Crippen molar-refractivity contribution in [2.45, 2.75) is 40.5 Å². The normalized spacial score (nSPS) is 11.1. The standard InChI is InChI=1S/C28H28N6O2/c1-4-20-10-12-22(13-11-20)36-18-34-16-21(15-29-34)30-28(35)24-14-27(25-17-33(5-2)32-19(25)3)31-26-9-7-6-8-23(24)26/h6-17H,4-5,18H2,1-3H3,(H,30,35). The molecule has 3 aromatic heterocycles. The summed E-state index contributed by atoms with van der Waals surface area (Å²) in [7, 11) is 0. The molecule has 1 amide bonds. The van der Waals surface area contributed by atoms with Gasteiger partial charge in [0.2, 0.25) is 0 Å². The highest BCUT2D eigenvalue weighted by atomic mass is 16.5. The Morgan fingerprint density at radius 3 is 2.58 bits per heavy atom. The van der Waals surface area contributed by atoms with Crippen molar-refractivity contribution in [1.82, 2.24) is 24.5 Å². The second-order valence-corrected chi connectivity index (χ2v) is 8.55. The smallest absolute Gasteiger partial charge is 0.256 e. The van der Waals surface area contributed by atoms with E-state index in [1.807, 2.05) is 79.3 Å². The summed E-state index contributed by atoms with van der Waals surface area (Å²) in [6.45, 7) is 7.11. The van der Waals surface area contributed by atoms with Gasteiger partial charge < -0.3 is 10.1 Å². The Hall–Kier alpha value is -4.46. The first-order valence-electron chi connectivity index (χ1n) is 12.0. The van der Waals surface area contributed by atoms with E-state index in [4.69, 9.17) is 9.72 Å². The summed E-state index contributed by atoms with van der Waals surface area (Å²) >= 11 is 0. The number of para-hydroxylation sites is 1. The maximum absolute atomic E-state index is 13.4. The molecule has 0 aliphatic carbocycles. The van der Waals surface area contributed by atoms with Crippen molar-refractivity contribution in [1.29, 1.82) is 0 Å².